The molecule has 2 nitrogen and oxygen atoms in total. The van der Waals surface area contributed by atoms with Gasteiger partial charge in [0.05, 0.1) is 0 Å². The fourth-order valence-electron chi connectivity index (χ4n) is 2.06. The molecular weight excluding hydrogens is 198 g/mol. The average Bonchev–Trinajstić information content (AvgIpc) is 2.15. The molecule has 0 radical (unpaired) electrons. The molecule has 0 aliphatic rings. The number of nitrogens with two attached hydrogens (primary N) is 1. The van der Waals surface area contributed by atoms with Crippen molar-refractivity contribution in [3.05, 3.63) is 0 Å². The number of hydrogen-bond donors (Lipinski definition) is 1. The van der Waals surface area contributed by atoms with E-state index in [1.54, 1.807) is 0 Å². The zero-order chi connectivity index (χ0) is 12.6. The van der Waals surface area contributed by atoms with Gasteiger partial charge >= 0.3 is 0 Å². The van der Waals surface area contributed by atoms with Crippen molar-refractivity contribution in [1.82, 2.24) is 0 Å². The first-order valence-corrected chi connectivity index (χ1v) is 6.67. The van der Waals surface area contributed by atoms with Crippen molar-refractivity contribution in [3.63, 3.8) is 0 Å². The highest BCUT2D eigenvalue weighted by Crippen LogP contribution is 2.16. The van der Waals surface area contributed by atoms with Gasteiger partial charge in [-0.05, 0) is 37.1 Å². The highest BCUT2D eigenvalue weighted by atomic mass is 16.1. The van der Waals surface area contributed by atoms with Gasteiger partial charge in [0.2, 0.25) is 0 Å². The quantitative estimate of drug-likeness (QED) is 0.656. The van der Waals surface area contributed by atoms with Gasteiger partial charge in [-0.15, -0.1) is 0 Å². The second-order valence-electron chi connectivity index (χ2n) is 5.76. The van der Waals surface area contributed by atoms with Gasteiger partial charge < -0.3 is 5.73 Å². The number of Topliss-reactive ketones (excluding diaryl/α,β-unsaturated/α-hetero) is 1. The molecule has 0 fully saturated rings. The number of carbonyl (C=O) groups is 1. The third kappa shape index (κ3) is 8.90. The van der Waals surface area contributed by atoms with Crippen molar-refractivity contribution in [2.75, 3.05) is 6.54 Å². The average molecular weight is 227 g/mol. The predicted molar refractivity (Wildman–Crippen MR) is 70.3 cm³/mol. The lowest BCUT2D eigenvalue weighted by atomic mass is 9.91. The summed E-state index contributed by atoms with van der Waals surface area (Å²) in [6.07, 6.45) is 4.70. The maximum absolute atomic E-state index is 11.7. The maximum Gasteiger partial charge on any atom is 0.133 e. The van der Waals surface area contributed by atoms with E-state index in [2.05, 4.69) is 27.7 Å². The Balaban J connectivity index is 3.74. The SMILES string of the molecule is CC(C)CCCC(=O)CC(CN)CC(C)C. The summed E-state index contributed by atoms with van der Waals surface area (Å²) in [7, 11) is 0. The molecule has 0 aromatic carbocycles. The molecule has 16 heavy (non-hydrogen) atoms. The molecule has 2 N–H and O–H groups in total. The fourth-order valence-corrected chi connectivity index (χ4v) is 2.06. The van der Waals surface area contributed by atoms with Crippen LogP contribution in [0.1, 0.15) is 59.8 Å². The van der Waals surface area contributed by atoms with Crippen LogP contribution in [0.3, 0.4) is 0 Å². The molecule has 0 bridgehead atoms. The standard InChI is InChI=1S/C14H29NO/c1-11(2)6-5-7-14(16)9-13(10-15)8-12(3)4/h11-13H,5-10,15H2,1-4H3. The molecule has 0 aromatic rings. The van der Waals surface area contributed by atoms with E-state index in [0.717, 1.165) is 25.7 Å². The third-order valence-corrected chi connectivity index (χ3v) is 2.89. The third-order valence-electron chi connectivity index (χ3n) is 2.89. The number of rotatable bonds is 9. The monoisotopic (exact) mass is 227 g/mol. The summed E-state index contributed by atoms with van der Waals surface area (Å²) in [5.74, 6) is 2.13. The molecule has 0 heterocycles. The van der Waals surface area contributed by atoms with Gasteiger partial charge in [0, 0.05) is 12.8 Å². The van der Waals surface area contributed by atoms with Gasteiger partial charge in [0.1, 0.15) is 5.78 Å². The Morgan fingerprint density at radius 2 is 1.75 bits per heavy atom. The summed E-state index contributed by atoms with van der Waals surface area (Å²) in [5, 5.41) is 0. The molecular formula is C14H29NO. The molecule has 1 atom stereocenters. The van der Waals surface area contributed by atoms with Gasteiger partial charge in [-0.25, -0.2) is 0 Å². The topological polar surface area (TPSA) is 43.1 Å². The van der Waals surface area contributed by atoms with Crippen LogP contribution in [0.5, 0.6) is 0 Å². The molecule has 0 amide bonds. The van der Waals surface area contributed by atoms with E-state index in [9.17, 15) is 4.79 Å². The zero-order valence-corrected chi connectivity index (χ0v) is 11.5. The molecule has 0 saturated heterocycles. The van der Waals surface area contributed by atoms with Gasteiger partial charge in [-0.3, -0.25) is 4.79 Å². The first kappa shape index (κ1) is 15.6. The lowest BCUT2D eigenvalue weighted by Crippen LogP contribution is -2.20. The Morgan fingerprint density at radius 1 is 1.12 bits per heavy atom. The Morgan fingerprint density at radius 3 is 2.19 bits per heavy atom. The summed E-state index contributed by atoms with van der Waals surface area (Å²) in [4.78, 5) is 11.7. The Kier molecular flexibility index (Phi) is 8.54. The summed E-state index contributed by atoms with van der Waals surface area (Å²) < 4.78 is 0. The van der Waals surface area contributed by atoms with Crippen molar-refractivity contribution in [1.29, 1.82) is 0 Å². The van der Waals surface area contributed by atoms with E-state index >= 15 is 0 Å². The predicted octanol–water partition coefficient (Wildman–Crippen LogP) is 3.39. The van der Waals surface area contributed by atoms with Crippen LogP contribution in [0.15, 0.2) is 0 Å². The zero-order valence-electron chi connectivity index (χ0n) is 11.5. The molecule has 0 saturated carbocycles. The summed E-state index contributed by atoms with van der Waals surface area (Å²) in [6.45, 7) is 9.42. The summed E-state index contributed by atoms with van der Waals surface area (Å²) in [5.41, 5.74) is 5.69. The lowest BCUT2D eigenvalue weighted by Gasteiger charge is -2.16. The highest BCUT2D eigenvalue weighted by molar-refractivity contribution is 5.78. The van der Waals surface area contributed by atoms with Gasteiger partial charge in [0.15, 0.2) is 0 Å². The van der Waals surface area contributed by atoms with Gasteiger partial charge in [-0.1, -0.05) is 34.1 Å². The largest absolute Gasteiger partial charge is 0.330 e. The first-order valence-electron chi connectivity index (χ1n) is 6.67. The van der Waals surface area contributed by atoms with Crippen LogP contribution in [0, 0.1) is 17.8 Å². The van der Waals surface area contributed by atoms with Crippen LogP contribution >= 0.6 is 0 Å². The van der Waals surface area contributed by atoms with E-state index in [0.29, 0.717) is 36.5 Å². The van der Waals surface area contributed by atoms with Crippen LogP contribution in [0.2, 0.25) is 0 Å². The highest BCUT2D eigenvalue weighted by Gasteiger charge is 2.13. The van der Waals surface area contributed by atoms with Crippen LogP contribution in [0.25, 0.3) is 0 Å². The van der Waals surface area contributed by atoms with E-state index in [4.69, 9.17) is 5.73 Å². The molecule has 96 valence electrons. The smallest absolute Gasteiger partial charge is 0.133 e. The molecule has 0 aliphatic carbocycles. The molecule has 0 aromatic heterocycles. The second kappa shape index (κ2) is 8.74. The van der Waals surface area contributed by atoms with Crippen molar-refractivity contribution >= 4 is 5.78 Å². The Bertz CT molecular complexity index is 187. The molecule has 0 aliphatic heterocycles. The minimum Gasteiger partial charge on any atom is -0.330 e. The Labute approximate surface area is 101 Å². The Hall–Kier alpha value is -0.370. The van der Waals surface area contributed by atoms with Crippen LogP contribution in [0.4, 0.5) is 0 Å². The van der Waals surface area contributed by atoms with E-state index in [-0.39, 0.29) is 0 Å². The summed E-state index contributed by atoms with van der Waals surface area (Å²) >= 11 is 0. The number of ketones is 1. The van der Waals surface area contributed by atoms with E-state index < -0.39 is 0 Å². The van der Waals surface area contributed by atoms with Gasteiger partial charge in [-0.2, -0.15) is 0 Å². The number of hydrogen-bond acceptors (Lipinski definition) is 2. The van der Waals surface area contributed by atoms with Crippen molar-refractivity contribution in [2.24, 2.45) is 23.5 Å². The van der Waals surface area contributed by atoms with Crippen molar-refractivity contribution in [3.8, 4) is 0 Å². The van der Waals surface area contributed by atoms with Crippen LogP contribution < -0.4 is 5.73 Å². The lowest BCUT2D eigenvalue weighted by molar-refractivity contribution is -0.120. The van der Waals surface area contributed by atoms with Crippen LogP contribution in [-0.2, 0) is 4.79 Å². The summed E-state index contributed by atoms with van der Waals surface area (Å²) in [6, 6.07) is 0. The van der Waals surface area contributed by atoms with E-state index in [1.165, 1.54) is 0 Å². The minimum absolute atomic E-state index is 0.395. The molecule has 0 spiro atoms. The molecule has 0 rings (SSSR count). The fraction of sp³-hybridized carbons (Fsp3) is 0.929. The molecule has 2 heteroatoms. The van der Waals surface area contributed by atoms with Crippen molar-refractivity contribution in [2.45, 2.75) is 59.8 Å². The van der Waals surface area contributed by atoms with Crippen molar-refractivity contribution < 1.29 is 4.79 Å². The molecule has 1 unspecified atom stereocenters. The first-order chi connectivity index (χ1) is 7.45. The minimum atomic E-state index is 0.395. The van der Waals surface area contributed by atoms with E-state index in [1.807, 2.05) is 0 Å². The second-order valence-corrected chi connectivity index (χ2v) is 5.76. The number of carbonyl (C=O) groups excluding carboxylic acids is 1. The normalized spacial score (nSPS) is 13.4. The maximum atomic E-state index is 11.7. The van der Waals surface area contributed by atoms with Crippen LogP contribution in [-0.4, -0.2) is 12.3 Å². The van der Waals surface area contributed by atoms with Gasteiger partial charge in [0.25, 0.3) is 0 Å².